The maximum absolute atomic E-state index is 5.43. The van der Waals surface area contributed by atoms with Gasteiger partial charge in [-0.2, -0.15) is 0 Å². The van der Waals surface area contributed by atoms with E-state index in [4.69, 9.17) is 5.73 Å². The molecule has 0 radical (unpaired) electrons. The van der Waals surface area contributed by atoms with Gasteiger partial charge in [0.1, 0.15) is 5.82 Å². The number of para-hydroxylation sites is 2. The van der Waals surface area contributed by atoms with E-state index in [9.17, 15) is 0 Å². The Kier molecular flexibility index (Phi) is 3.66. The van der Waals surface area contributed by atoms with Crippen molar-refractivity contribution in [2.24, 2.45) is 5.73 Å². The highest BCUT2D eigenvalue weighted by molar-refractivity contribution is 5.75. The lowest BCUT2D eigenvalue weighted by atomic mass is 10.3. The number of nitrogens with one attached hydrogen (secondary N) is 1. The predicted octanol–water partition coefficient (Wildman–Crippen LogP) is 1.78. The Hall–Kier alpha value is -1.68. The van der Waals surface area contributed by atoms with Gasteiger partial charge in [-0.15, -0.1) is 0 Å². The van der Waals surface area contributed by atoms with Crippen LogP contribution in [0.25, 0.3) is 11.0 Å². The largest absolute Gasteiger partial charge is 0.369 e. The maximum atomic E-state index is 5.43. The smallest absolute Gasteiger partial charge is 0.145 e. The fourth-order valence-corrected chi connectivity index (χ4v) is 1.53. The third-order valence-corrected chi connectivity index (χ3v) is 2.39. The van der Waals surface area contributed by atoms with Crippen LogP contribution in [0.2, 0.25) is 0 Å². The number of benzene rings is 1. The lowest BCUT2D eigenvalue weighted by Crippen LogP contribution is -2.07. The van der Waals surface area contributed by atoms with Crippen molar-refractivity contribution >= 4 is 16.9 Å². The van der Waals surface area contributed by atoms with E-state index in [0.717, 1.165) is 42.8 Å². The van der Waals surface area contributed by atoms with E-state index in [0.29, 0.717) is 0 Å². The molecule has 0 saturated carbocycles. The quantitative estimate of drug-likeness (QED) is 0.748. The minimum atomic E-state index is 0.741. The Balaban J connectivity index is 2.02. The highest BCUT2D eigenvalue weighted by atomic mass is 15.0. The summed E-state index contributed by atoms with van der Waals surface area (Å²) in [4.78, 5) is 8.80. The number of nitrogens with zero attached hydrogens (tertiary/aromatic N) is 2. The van der Waals surface area contributed by atoms with Gasteiger partial charge in [0.15, 0.2) is 0 Å². The summed E-state index contributed by atoms with van der Waals surface area (Å²) < 4.78 is 0. The fraction of sp³-hybridized carbons (Fsp3) is 0.333. The van der Waals surface area contributed by atoms with Crippen molar-refractivity contribution in [3.63, 3.8) is 0 Å². The van der Waals surface area contributed by atoms with E-state index in [-0.39, 0.29) is 0 Å². The highest BCUT2D eigenvalue weighted by Gasteiger charge is 1.97. The van der Waals surface area contributed by atoms with Gasteiger partial charge >= 0.3 is 0 Å². The second-order valence-corrected chi connectivity index (χ2v) is 3.67. The van der Waals surface area contributed by atoms with Crippen molar-refractivity contribution < 1.29 is 0 Å². The van der Waals surface area contributed by atoms with E-state index in [2.05, 4.69) is 15.3 Å². The Morgan fingerprint density at radius 3 is 2.75 bits per heavy atom. The molecule has 0 aliphatic rings. The molecular weight excluding hydrogens is 200 g/mol. The van der Waals surface area contributed by atoms with Crippen molar-refractivity contribution in [1.82, 2.24) is 9.97 Å². The molecule has 0 amide bonds. The van der Waals surface area contributed by atoms with Crippen molar-refractivity contribution in [1.29, 1.82) is 0 Å². The predicted molar refractivity (Wildman–Crippen MR) is 66.3 cm³/mol. The first-order chi connectivity index (χ1) is 7.90. The third kappa shape index (κ3) is 2.67. The molecule has 0 spiro atoms. The molecule has 0 aliphatic heterocycles. The van der Waals surface area contributed by atoms with Crippen LogP contribution in [-0.4, -0.2) is 23.1 Å². The van der Waals surface area contributed by atoms with Gasteiger partial charge in [-0.3, -0.25) is 4.98 Å². The first kappa shape index (κ1) is 10.8. The van der Waals surface area contributed by atoms with Crippen molar-refractivity contribution in [2.75, 3.05) is 18.4 Å². The Labute approximate surface area is 94.9 Å². The van der Waals surface area contributed by atoms with E-state index < -0.39 is 0 Å². The number of fused-ring (bicyclic) bond motifs is 1. The van der Waals surface area contributed by atoms with E-state index >= 15 is 0 Å². The van der Waals surface area contributed by atoms with Crippen LogP contribution < -0.4 is 11.1 Å². The molecule has 4 nitrogen and oxygen atoms in total. The van der Waals surface area contributed by atoms with Gasteiger partial charge in [0.2, 0.25) is 0 Å². The molecule has 4 heteroatoms. The molecule has 1 aromatic carbocycles. The average Bonchev–Trinajstić information content (AvgIpc) is 2.34. The molecule has 3 N–H and O–H groups in total. The number of anilines is 1. The van der Waals surface area contributed by atoms with Gasteiger partial charge in [-0.25, -0.2) is 4.98 Å². The zero-order valence-electron chi connectivity index (χ0n) is 9.19. The summed E-state index contributed by atoms with van der Waals surface area (Å²) in [5, 5.41) is 3.24. The molecule has 2 aromatic rings. The number of rotatable bonds is 5. The van der Waals surface area contributed by atoms with E-state index in [1.54, 1.807) is 6.20 Å². The second kappa shape index (κ2) is 5.42. The van der Waals surface area contributed by atoms with Crippen molar-refractivity contribution in [3.8, 4) is 0 Å². The number of nitrogens with two attached hydrogens (primary N) is 1. The molecule has 0 saturated heterocycles. The van der Waals surface area contributed by atoms with E-state index in [1.807, 2.05) is 24.3 Å². The van der Waals surface area contributed by atoms with Crippen LogP contribution >= 0.6 is 0 Å². The molecule has 2 rings (SSSR count). The standard InChI is InChI=1S/C12H16N4/c13-7-3-4-8-14-12-9-15-10-5-1-2-6-11(10)16-12/h1-2,5-6,9H,3-4,7-8,13H2,(H,14,16). The lowest BCUT2D eigenvalue weighted by Gasteiger charge is -2.05. The van der Waals surface area contributed by atoms with Crippen LogP contribution in [0.15, 0.2) is 30.5 Å². The Morgan fingerprint density at radius 2 is 1.94 bits per heavy atom. The second-order valence-electron chi connectivity index (χ2n) is 3.67. The highest BCUT2D eigenvalue weighted by Crippen LogP contribution is 2.11. The summed E-state index contributed by atoms with van der Waals surface area (Å²) in [6.45, 7) is 1.63. The molecule has 84 valence electrons. The first-order valence-electron chi connectivity index (χ1n) is 5.56. The normalized spacial score (nSPS) is 10.6. The molecular formula is C12H16N4. The summed E-state index contributed by atoms with van der Waals surface area (Å²) in [5.74, 6) is 0.829. The van der Waals surface area contributed by atoms with Crippen molar-refractivity contribution in [2.45, 2.75) is 12.8 Å². The van der Waals surface area contributed by atoms with Crippen molar-refractivity contribution in [3.05, 3.63) is 30.5 Å². The number of aromatic nitrogens is 2. The zero-order valence-corrected chi connectivity index (χ0v) is 9.19. The summed E-state index contributed by atoms with van der Waals surface area (Å²) >= 11 is 0. The van der Waals surface area contributed by atoms with Crippen LogP contribution in [0.5, 0.6) is 0 Å². The molecule has 1 heterocycles. The Morgan fingerprint density at radius 1 is 1.12 bits per heavy atom. The van der Waals surface area contributed by atoms with Gasteiger partial charge < -0.3 is 11.1 Å². The maximum Gasteiger partial charge on any atom is 0.145 e. The monoisotopic (exact) mass is 216 g/mol. The molecule has 0 bridgehead atoms. The average molecular weight is 216 g/mol. The minimum absolute atomic E-state index is 0.741. The van der Waals surface area contributed by atoms with Crippen LogP contribution in [0, 0.1) is 0 Å². The summed E-state index contributed by atoms with van der Waals surface area (Å²) in [6.07, 6.45) is 3.86. The zero-order chi connectivity index (χ0) is 11.2. The van der Waals surface area contributed by atoms with Gasteiger partial charge in [-0.05, 0) is 31.5 Å². The summed E-state index contributed by atoms with van der Waals surface area (Å²) in [5.41, 5.74) is 7.28. The van der Waals surface area contributed by atoms with Gasteiger partial charge in [0.25, 0.3) is 0 Å². The van der Waals surface area contributed by atoms with E-state index in [1.165, 1.54) is 0 Å². The number of unbranched alkanes of at least 4 members (excludes halogenated alkanes) is 1. The van der Waals surface area contributed by atoms with Gasteiger partial charge in [-0.1, -0.05) is 12.1 Å². The molecule has 0 unspecified atom stereocenters. The van der Waals surface area contributed by atoms with Gasteiger partial charge in [0.05, 0.1) is 17.2 Å². The molecule has 0 aliphatic carbocycles. The molecule has 16 heavy (non-hydrogen) atoms. The summed E-state index contributed by atoms with van der Waals surface area (Å²) in [6, 6.07) is 7.86. The lowest BCUT2D eigenvalue weighted by molar-refractivity contribution is 0.772. The van der Waals surface area contributed by atoms with Gasteiger partial charge in [0, 0.05) is 6.54 Å². The summed E-state index contributed by atoms with van der Waals surface area (Å²) in [7, 11) is 0. The fourth-order valence-electron chi connectivity index (χ4n) is 1.53. The third-order valence-electron chi connectivity index (χ3n) is 2.39. The number of hydrogen-bond donors (Lipinski definition) is 2. The Bertz CT molecular complexity index is 455. The SMILES string of the molecule is NCCCCNc1cnc2ccccc2n1. The van der Waals surface area contributed by atoms with Crippen LogP contribution in [0.3, 0.4) is 0 Å². The topological polar surface area (TPSA) is 63.8 Å². The van der Waals surface area contributed by atoms with Crippen LogP contribution in [-0.2, 0) is 0 Å². The minimum Gasteiger partial charge on any atom is -0.369 e. The van der Waals surface area contributed by atoms with Crippen LogP contribution in [0.4, 0.5) is 5.82 Å². The first-order valence-corrected chi connectivity index (χ1v) is 5.56. The molecule has 0 fully saturated rings. The molecule has 1 aromatic heterocycles. The molecule has 0 atom stereocenters. The number of hydrogen-bond acceptors (Lipinski definition) is 4. The van der Waals surface area contributed by atoms with Crippen LogP contribution in [0.1, 0.15) is 12.8 Å².